The number of anilines is 1. The molecule has 3 heteroatoms. The maximum absolute atomic E-state index is 11.8. The lowest BCUT2D eigenvalue weighted by atomic mass is 10.0. The first kappa shape index (κ1) is 12.9. The Bertz CT molecular complexity index is 684. The summed E-state index contributed by atoms with van der Waals surface area (Å²) >= 11 is 0. The molecule has 0 spiro atoms. The first-order valence-electron chi connectivity index (χ1n) is 6.70. The lowest BCUT2D eigenvalue weighted by molar-refractivity contribution is -0.130. The van der Waals surface area contributed by atoms with Crippen LogP contribution in [0.15, 0.2) is 42.5 Å². The molecular weight excluding hydrogens is 250 g/mol. The molecule has 0 radical (unpaired) electrons. The molecule has 0 unspecified atom stereocenters. The number of fused-ring (bicyclic) bond motifs is 3. The van der Waals surface area contributed by atoms with Crippen LogP contribution in [-0.4, -0.2) is 16.6 Å². The summed E-state index contributed by atoms with van der Waals surface area (Å²) in [6.45, 7) is 2.96. The molecule has 0 aromatic heterocycles. The Labute approximate surface area is 118 Å². The number of aliphatic hydroxyl groups is 1. The van der Waals surface area contributed by atoms with Crippen LogP contribution in [0.1, 0.15) is 25.0 Å². The summed E-state index contributed by atoms with van der Waals surface area (Å²) in [6, 6.07) is 14.2. The molecule has 0 saturated heterocycles. The highest BCUT2D eigenvalue weighted by molar-refractivity contribution is 5.97. The van der Waals surface area contributed by atoms with E-state index in [4.69, 9.17) is 0 Å². The highest BCUT2D eigenvalue weighted by atomic mass is 16.3. The molecule has 3 rings (SSSR count). The third kappa shape index (κ3) is 2.21. The molecule has 3 nitrogen and oxygen atoms in total. The van der Waals surface area contributed by atoms with E-state index in [2.05, 4.69) is 17.4 Å². The Balaban J connectivity index is 1.90. The number of amides is 1. The van der Waals surface area contributed by atoms with Crippen LogP contribution >= 0.6 is 0 Å². The van der Waals surface area contributed by atoms with Gasteiger partial charge in [0.25, 0.3) is 5.91 Å². The highest BCUT2D eigenvalue weighted by Gasteiger charge is 2.24. The number of nitrogens with one attached hydrogen (secondary N) is 1. The van der Waals surface area contributed by atoms with E-state index in [0.29, 0.717) is 0 Å². The second-order valence-corrected chi connectivity index (χ2v) is 5.72. The standard InChI is InChI=1S/C17H17NO2/c1-17(2,20)16(19)18-13-7-8-15-12(10-13)9-11-5-3-4-6-14(11)15/h3-8,10,20H,9H2,1-2H3,(H,18,19). The van der Waals surface area contributed by atoms with E-state index in [9.17, 15) is 9.90 Å². The van der Waals surface area contributed by atoms with Gasteiger partial charge in [0, 0.05) is 5.69 Å². The Kier molecular flexibility index (Phi) is 2.87. The van der Waals surface area contributed by atoms with Gasteiger partial charge in [0.15, 0.2) is 0 Å². The molecule has 102 valence electrons. The number of hydrogen-bond donors (Lipinski definition) is 2. The monoisotopic (exact) mass is 267 g/mol. The summed E-state index contributed by atoms with van der Waals surface area (Å²) in [5.41, 5.74) is 4.36. The molecular formula is C17H17NO2. The van der Waals surface area contributed by atoms with E-state index in [1.165, 1.54) is 36.1 Å². The van der Waals surface area contributed by atoms with Gasteiger partial charge in [-0.25, -0.2) is 0 Å². The van der Waals surface area contributed by atoms with Crippen LogP contribution in [0.4, 0.5) is 5.69 Å². The first-order chi connectivity index (χ1) is 9.45. The Hall–Kier alpha value is -2.13. The predicted molar refractivity (Wildman–Crippen MR) is 79.6 cm³/mol. The topological polar surface area (TPSA) is 49.3 Å². The van der Waals surface area contributed by atoms with E-state index in [1.54, 1.807) is 0 Å². The van der Waals surface area contributed by atoms with Gasteiger partial charge in [-0.15, -0.1) is 0 Å². The fourth-order valence-corrected chi connectivity index (χ4v) is 2.51. The van der Waals surface area contributed by atoms with Crippen LogP contribution in [0, 0.1) is 0 Å². The van der Waals surface area contributed by atoms with Crippen molar-refractivity contribution in [1.82, 2.24) is 0 Å². The average Bonchev–Trinajstić information content (AvgIpc) is 2.75. The van der Waals surface area contributed by atoms with Crippen molar-refractivity contribution in [2.75, 3.05) is 5.32 Å². The zero-order valence-electron chi connectivity index (χ0n) is 11.6. The van der Waals surface area contributed by atoms with E-state index < -0.39 is 11.5 Å². The van der Waals surface area contributed by atoms with Crippen LogP contribution in [0.2, 0.25) is 0 Å². The van der Waals surface area contributed by atoms with Gasteiger partial charge in [0.1, 0.15) is 5.60 Å². The van der Waals surface area contributed by atoms with Gasteiger partial charge in [-0.05, 0) is 54.7 Å². The first-order valence-corrected chi connectivity index (χ1v) is 6.70. The molecule has 0 fully saturated rings. The second-order valence-electron chi connectivity index (χ2n) is 5.72. The Morgan fingerprint density at radius 1 is 1.10 bits per heavy atom. The van der Waals surface area contributed by atoms with Crippen molar-refractivity contribution in [2.45, 2.75) is 25.9 Å². The minimum Gasteiger partial charge on any atom is -0.381 e. The number of hydrogen-bond acceptors (Lipinski definition) is 2. The van der Waals surface area contributed by atoms with Gasteiger partial charge < -0.3 is 10.4 Å². The third-order valence-corrected chi connectivity index (χ3v) is 3.61. The molecule has 0 aliphatic heterocycles. The number of carbonyl (C=O) groups is 1. The molecule has 0 atom stereocenters. The summed E-state index contributed by atoms with van der Waals surface area (Å²) in [4.78, 5) is 11.8. The molecule has 2 aromatic rings. The normalized spacial score (nSPS) is 12.8. The van der Waals surface area contributed by atoms with Crippen molar-refractivity contribution in [3.05, 3.63) is 53.6 Å². The molecule has 1 amide bonds. The smallest absolute Gasteiger partial charge is 0.255 e. The van der Waals surface area contributed by atoms with Crippen LogP contribution in [0.25, 0.3) is 11.1 Å². The van der Waals surface area contributed by atoms with Crippen molar-refractivity contribution in [1.29, 1.82) is 0 Å². The fourth-order valence-electron chi connectivity index (χ4n) is 2.51. The number of rotatable bonds is 2. The molecule has 0 heterocycles. The Morgan fingerprint density at radius 3 is 2.55 bits per heavy atom. The summed E-state index contributed by atoms with van der Waals surface area (Å²) < 4.78 is 0. The van der Waals surface area contributed by atoms with Gasteiger partial charge in [-0.3, -0.25) is 4.79 Å². The molecule has 2 aromatic carbocycles. The van der Waals surface area contributed by atoms with Crippen LogP contribution in [0.3, 0.4) is 0 Å². The maximum atomic E-state index is 11.8. The molecule has 1 aliphatic rings. The Morgan fingerprint density at radius 2 is 1.80 bits per heavy atom. The van der Waals surface area contributed by atoms with E-state index >= 15 is 0 Å². The molecule has 20 heavy (non-hydrogen) atoms. The molecule has 1 aliphatic carbocycles. The maximum Gasteiger partial charge on any atom is 0.255 e. The zero-order chi connectivity index (χ0) is 14.3. The van der Waals surface area contributed by atoms with Crippen LogP contribution in [0.5, 0.6) is 0 Å². The minimum atomic E-state index is -1.37. The van der Waals surface area contributed by atoms with E-state index in [1.807, 2.05) is 30.3 Å². The van der Waals surface area contributed by atoms with Gasteiger partial charge >= 0.3 is 0 Å². The minimum absolute atomic E-state index is 0.395. The SMILES string of the molecule is CC(C)(O)C(=O)Nc1ccc2c(c1)Cc1ccccc1-2. The molecule has 2 N–H and O–H groups in total. The van der Waals surface area contributed by atoms with Crippen molar-refractivity contribution in [2.24, 2.45) is 0 Å². The van der Waals surface area contributed by atoms with Crippen LogP contribution in [-0.2, 0) is 11.2 Å². The second kappa shape index (κ2) is 4.46. The number of carbonyl (C=O) groups excluding carboxylic acids is 1. The summed E-state index contributed by atoms with van der Waals surface area (Å²) in [5.74, 6) is -0.395. The molecule has 0 bridgehead atoms. The molecule has 0 saturated carbocycles. The average molecular weight is 267 g/mol. The zero-order valence-corrected chi connectivity index (χ0v) is 11.6. The van der Waals surface area contributed by atoms with Crippen LogP contribution < -0.4 is 5.32 Å². The van der Waals surface area contributed by atoms with Crippen molar-refractivity contribution < 1.29 is 9.90 Å². The summed E-state index contributed by atoms with van der Waals surface area (Å²) in [5, 5.41) is 12.4. The fraction of sp³-hybridized carbons (Fsp3) is 0.235. The summed E-state index contributed by atoms with van der Waals surface area (Å²) in [6.07, 6.45) is 0.887. The third-order valence-electron chi connectivity index (χ3n) is 3.61. The lowest BCUT2D eigenvalue weighted by Crippen LogP contribution is -2.36. The van der Waals surface area contributed by atoms with Crippen molar-refractivity contribution >= 4 is 11.6 Å². The number of benzene rings is 2. The van der Waals surface area contributed by atoms with E-state index in [-0.39, 0.29) is 0 Å². The van der Waals surface area contributed by atoms with Gasteiger partial charge in [0.2, 0.25) is 0 Å². The van der Waals surface area contributed by atoms with E-state index in [0.717, 1.165) is 12.1 Å². The van der Waals surface area contributed by atoms with Crippen molar-refractivity contribution in [3.63, 3.8) is 0 Å². The quantitative estimate of drug-likeness (QED) is 0.750. The summed E-state index contributed by atoms with van der Waals surface area (Å²) in [7, 11) is 0. The van der Waals surface area contributed by atoms with Gasteiger partial charge in [0.05, 0.1) is 0 Å². The lowest BCUT2D eigenvalue weighted by Gasteiger charge is -2.17. The predicted octanol–water partition coefficient (Wildman–Crippen LogP) is 2.97. The largest absolute Gasteiger partial charge is 0.381 e. The highest BCUT2D eigenvalue weighted by Crippen LogP contribution is 2.37. The van der Waals surface area contributed by atoms with Gasteiger partial charge in [-0.2, -0.15) is 0 Å². The van der Waals surface area contributed by atoms with Gasteiger partial charge in [-0.1, -0.05) is 30.3 Å². The van der Waals surface area contributed by atoms with Crippen molar-refractivity contribution in [3.8, 4) is 11.1 Å².